The maximum absolute atomic E-state index is 11.8. The van der Waals surface area contributed by atoms with Gasteiger partial charge < -0.3 is 5.32 Å². The minimum Gasteiger partial charge on any atom is -0.329 e. The van der Waals surface area contributed by atoms with Crippen LogP contribution >= 0.6 is 0 Å². The van der Waals surface area contributed by atoms with Gasteiger partial charge >= 0.3 is 0 Å². The van der Waals surface area contributed by atoms with Crippen molar-refractivity contribution in [2.45, 2.75) is 19.3 Å². The summed E-state index contributed by atoms with van der Waals surface area (Å²) >= 11 is 0. The molecule has 0 saturated heterocycles. The molecule has 2 rings (SSSR count). The minimum atomic E-state index is 0.231. The van der Waals surface area contributed by atoms with Crippen molar-refractivity contribution in [3.8, 4) is 0 Å². The molecule has 0 unspecified atom stereocenters. The first-order valence-corrected chi connectivity index (χ1v) is 5.16. The highest BCUT2D eigenvalue weighted by molar-refractivity contribution is 5.98. The van der Waals surface area contributed by atoms with Gasteiger partial charge in [0.2, 0.25) is 6.41 Å². The SMILES string of the molecule is O=CNc1ccc(C(=O)C2CCC2)cc1. The van der Waals surface area contributed by atoms with E-state index in [2.05, 4.69) is 5.32 Å². The third-order valence-corrected chi connectivity index (χ3v) is 2.87. The zero-order valence-corrected chi connectivity index (χ0v) is 8.40. The molecule has 0 atom stereocenters. The number of nitrogens with one attached hydrogen (secondary N) is 1. The van der Waals surface area contributed by atoms with Crippen LogP contribution < -0.4 is 5.32 Å². The summed E-state index contributed by atoms with van der Waals surface area (Å²) in [5.74, 6) is 0.466. The Morgan fingerprint density at radius 2 is 1.93 bits per heavy atom. The molecule has 0 aliphatic heterocycles. The standard InChI is InChI=1S/C12H13NO2/c14-8-13-11-6-4-10(5-7-11)12(15)9-2-1-3-9/h4-9H,1-3H2,(H,13,14). The van der Waals surface area contributed by atoms with Crippen LogP contribution in [0.5, 0.6) is 0 Å². The van der Waals surface area contributed by atoms with Crippen LogP contribution in [0.25, 0.3) is 0 Å². The van der Waals surface area contributed by atoms with Gasteiger partial charge in [0.15, 0.2) is 5.78 Å². The van der Waals surface area contributed by atoms with E-state index in [0.29, 0.717) is 6.41 Å². The molecule has 78 valence electrons. The van der Waals surface area contributed by atoms with Crippen molar-refractivity contribution in [1.82, 2.24) is 0 Å². The van der Waals surface area contributed by atoms with E-state index in [-0.39, 0.29) is 11.7 Å². The van der Waals surface area contributed by atoms with Gasteiger partial charge in [-0.15, -0.1) is 0 Å². The molecule has 1 amide bonds. The van der Waals surface area contributed by atoms with Gasteiger partial charge in [-0.2, -0.15) is 0 Å². The predicted octanol–water partition coefficient (Wildman–Crippen LogP) is 2.24. The van der Waals surface area contributed by atoms with E-state index in [9.17, 15) is 9.59 Å². The normalized spacial score (nSPS) is 15.5. The van der Waals surface area contributed by atoms with Gasteiger partial charge in [-0.25, -0.2) is 0 Å². The van der Waals surface area contributed by atoms with E-state index in [1.165, 1.54) is 6.42 Å². The van der Waals surface area contributed by atoms with Crippen molar-refractivity contribution >= 4 is 17.9 Å². The van der Waals surface area contributed by atoms with E-state index in [1.54, 1.807) is 24.3 Å². The van der Waals surface area contributed by atoms with Crippen LogP contribution in [0.3, 0.4) is 0 Å². The van der Waals surface area contributed by atoms with Crippen LogP contribution in [0.1, 0.15) is 29.6 Å². The quantitative estimate of drug-likeness (QED) is 0.602. The van der Waals surface area contributed by atoms with Crippen molar-refractivity contribution < 1.29 is 9.59 Å². The van der Waals surface area contributed by atoms with Crippen molar-refractivity contribution in [3.05, 3.63) is 29.8 Å². The summed E-state index contributed by atoms with van der Waals surface area (Å²) in [5.41, 5.74) is 1.46. The molecular weight excluding hydrogens is 190 g/mol. The first kappa shape index (κ1) is 9.90. The second kappa shape index (κ2) is 4.26. The molecular formula is C12H13NO2. The summed E-state index contributed by atoms with van der Waals surface area (Å²) in [6.07, 6.45) is 3.84. The van der Waals surface area contributed by atoms with E-state index in [1.807, 2.05) is 0 Å². The molecule has 0 radical (unpaired) electrons. The smallest absolute Gasteiger partial charge is 0.211 e. The fourth-order valence-electron chi connectivity index (χ4n) is 1.70. The monoisotopic (exact) mass is 203 g/mol. The van der Waals surface area contributed by atoms with Crippen molar-refractivity contribution in [3.63, 3.8) is 0 Å². The Bertz CT molecular complexity index is 366. The third kappa shape index (κ3) is 2.06. The maximum Gasteiger partial charge on any atom is 0.211 e. The van der Waals surface area contributed by atoms with E-state index in [4.69, 9.17) is 0 Å². The zero-order valence-electron chi connectivity index (χ0n) is 8.40. The van der Waals surface area contributed by atoms with Crippen LogP contribution in [0, 0.1) is 5.92 Å². The molecule has 3 heteroatoms. The van der Waals surface area contributed by atoms with Crippen LogP contribution in [0.2, 0.25) is 0 Å². The number of benzene rings is 1. The Hall–Kier alpha value is -1.64. The van der Waals surface area contributed by atoms with E-state index in [0.717, 1.165) is 24.1 Å². The Labute approximate surface area is 88.5 Å². The van der Waals surface area contributed by atoms with Gasteiger partial charge in [-0.3, -0.25) is 9.59 Å². The first-order chi connectivity index (χ1) is 7.31. The Balaban J connectivity index is 2.08. The van der Waals surface area contributed by atoms with Gasteiger partial charge in [-0.05, 0) is 37.1 Å². The molecule has 15 heavy (non-hydrogen) atoms. The molecule has 0 bridgehead atoms. The number of hydrogen-bond donors (Lipinski definition) is 1. The third-order valence-electron chi connectivity index (χ3n) is 2.87. The van der Waals surface area contributed by atoms with Gasteiger partial charge in [0, 0.05) is 17.2 Å². The summed E-state index contributed by atoms with van der Waals surface area (Å²) in [6, 6.07) is 7.04. The largest absolute Gasteiger partial charge is 0.329 e. The van der Waals surface area contributed by atoms with Gasteiger partial charge in [0.1, 0.15) is 0 Å². The number of ketones is 1. The van der Waals surface area contributed by atoms with Gasteiger partial charge in [0.05, 0.1) is 0 Å². The summed E-state index contributed by atoms with van der Waals surface area (Å²) in [4.78, 5) is 22.0. The minimum absolute atomic E-state index is 0.231. The second-order valence-corrected chi connectivity index (χ2v) is 3.83. The molecule has 3 nitrogen and oxygen atoms in total. The number of Topliss-reactive ketones (excluding diaryl/α,β-unsaturated/α-hetero) is 1. The molecule has 1 aromatic carbocycles. The second-order valence-electron chi connectivity index (χ2n) is 3.83. The van der Waals surface area contributed by atoms with Gasteiger partial charge in [-0.1, -0.05) is 6.42 Å². The molecule has 1 aliphatic carbocycles. The lowest BCUT2D eigenvalue weighted by molar-refractivity contribution is -0.105. The van der Waals surface area contributed by atoms with Crippen LogP contribution in [0.15, 0.2) is 24.3 Å². The van der Waals surface area contributed by atoms with Crippen LogP contribution in [0.4, 0.5) is 5.69 Å². The highest BCUT2D eigenvalue weighted by Crippen LogP contribution is 2.29. The number of rotatable bonds is 4. The molecule has 0 aromatic heterocycles. The van der Waals surface area contributed by atoms with E-state index >= 15 is 0 Å². The molecule has 1 aliphatic rings. The van der Waals surface area contributed by atoms with Crippen LogP contribution in [-0.2, 0) is 4.79 Å². The van der Waals surface area contributed by atoms with E-state index < -0.39 is 0 Å². The summed E-state index contributed by atoms with van der Waals surface area (Å²) in [7, 11) is 0. The van der Waals surface area contributed by atoms with Crippen molar-refractivity contribution in [2.75, 3.05) is 5.32 Å². The number of hydrogen-bond acceptors (Lipinski definition) is 2. The lowest BCUT2D eigenvalue weighted by Gasteiger charge is -2.23. The summed E-state index contributed by atoms with van der Waals surface area (Å²) < 4.78 is 0. The average molecular weight is 203 g/mol. The maximum atomic E-state index is 11.8. The number of carbonyl (C=O) groups is 2. The Morgan fingerprint density at radius 3 is 2.40 bits per heavy atom. The highest BCUT2D eigenvalue weighted by atomic mass is 16.1. The molecule has 0 heterocycles. The Morgan fingerprint density at radius 1 is 1.27 bits per heavy atom. The molecule has 1 saturated carbocycles. The molecule has 1 N–H and O–H groups in total. The predicted molar refractivity (Wildman–Crippen MR) is 57.8 cm³/mol. The molecule has 0 spiro atoms. The topological polar surface area (TPSA) is 46.2 Å². The zero-order chi connectivity index (χ0) is 10.7. The molecule has 1 aromatic rings. The lowest BCUT2D eigenvalue weighted by atomic mass is 9.80. The fourth-order valence-corrected chi connectivity index (χ4v) is 1.70. The summed E-state index contributed by atoms with van der Waals surface area (Å²) in [6.45, 7) is 0. The Kier molecular flexibility index (Phi) is 2.81. The van der Waals surface area contributed by atoms with Crippen molar-refractivity contribution in [2.24, 2.45) is 5.92 Å². The number of anilines is 1. The number of amides is 1. The first-order valence-electron chi connectivity index (χ1n) is 5.16. The van der Waals surface area contributed by atoms with Gasteiger partial charge in [0.25, 0.3) is 0 Å². The highest BCUT2D eigenvalue weighted by Gasteiger charge is 2.25. The average Bonchev–Trinajstić information content (AvgIpc) is 2.16. The van der Waals surface area contributed by atoms with Crippen molar-refractivity contribution in [1.29, 1.82) is 0 Å². The summed E-state index contributed by atoms with van der Waals surface area (Å²) in [5, 5.41) is 2.54. The molecule has 1 fully saturated rings. The fraction of sp³-hybridized carbons (Fsp3) is 0.333. The van der Waals surface area contributed by atoms with Crippen LogP contribution in [-0.4, -0.2) is 12.2 Å². The lowest BCUT2D eigenvalue weighted by Crippen LogP contribution is -2.21. The number of carbonyl (C=O) groups excluding carboxylic acids is 2.